The molecule has 1 aliphatic carbocycles. The number of nitrogens with one attached hydrogen (secondary N) is 1. The lowest BCUT2D eigenvalue weighted by atomic mass is 9.70. The van der Waals surface area contributed by atoms with E-state index in [1.165, 1.54) is 0 Å². The molecule has 1 unspecified atom stereocenters. The smallest absolute Gasteiger partial charge is 0.162 e. The van der Waals surface area contributed by atoms with Gasteiger partial charge >= 0.3 is 0 Å². The summed E-state index contributed by atoms with van der Waals surface area (Å²) in [4.78, 5) is 13.7. The molecule has 1 aromatic rings. The highest BCUT2D eigenvalue weighted by atomic mass is 32.1. The van der Waals surface area contributed by atoms with Crippen LogP contribution in [0, 0.1) is 16.7 Å². The summed E-state index contributed by atoms with van der Waals surface area (Å²) in [5.74, 6) is -0.122. The van der Waals surface area contributed by atoms with Gasteiger partial charge in [0.05, 0.1) is 22.6 Å². The molecule has 2 heterocycles. The summed E-state index contributed by atoms with van der Waals surface area (Å²) < 4.78 is 0. The summed E-state index contributed by atoms with van der Waals surface area (Å²) in [5, 5.41) is 15.2. The van der Waals surface area contributed by atoms with Crippen LogP contribution in [0.1, 0.15) is 37.5 Å². The number of nitriles is 1. The van der Waals surface area contributed by atoms with Crippen LogP contribution in [-0.4, -0.2) is 5.78 Å². The highest BCUT2D eigenvalue weighted by Gasteiger charge is 2.41. The van der Waals surface area contributed by atoms with Crippen molar-refractivity contribution in [3.8, 4) is 6.07 Å². The van der Waals surface area contributed by atoms with Crippen molar-refractivity contribution in [2.45, 2.75) is 32.6 Å². The van der Waals surface area contributed by atoms with E-state index in [0.29, 0.717) is 17.0 Å². The third-order valence-corrected chi connectivity index (χ3v) is 5.26. The number of thiophene rings is 1. The Bertz CT molecular complexity index is 705. The van der Waals surface area contributed by atoms with Gasteiger partial charge in [-0.2, -0.15) is 5.26 Å². The number of carbonyl (C=O) groups excluding carboxylic acids is 1. The highest BCUT2D eigenvalue weighted by Crippen LogP contribution is 2.47. The molecule has 108 valence electrons. The normalized spacial score (nSPS) is 24.5. The standard InChI is InChI=1S/C16H16N2OS2/c1-16(2)6-10-14(11(19)7-16)13(12-4-3-5-21-12)9(8-17)15(20)18-10/h3-5,13,18,20H,6-7H2,1-2H3. The van der Waals surface area contributed by atoms with Crippen LogP contribution in [0.15, 0.2) is 39.4 Å². The predicted octanol–water partition coefficient (Wildman–Crippen LogP) is 3.74. The molecule has 1 N–H and O–H groups in total. The zero-order chi connectivity index (χ0) is 15.2. The fourth-order valence-electron chi connectivity index (χ4n) is 3.13. The van der Waals surface area contributed by atoms with E-state index in [1.807, 2.05) is 17.5 Å². The zero-order valence-corrected chi connectivity index (χ0v) is 13.6. The molecule has 21 heavy (non-hydrogen) atoms. The van der Waals surface area contributed by atoms with Crippen LogP contribution >= 0.6 is 24.0 Å². The Labute approximate surface area is 133 Å². The van der Waals surface area contributed by atoms with Gasteiger partial charge in [-0.25, -0.2) is 0 Å². The van der Waals surface area contributed by atoms with Crippen molar-refractivity contribution in [1.29, 1.82) is 5.26 Å². The van der Waals surface area contributed by atoms with Crippen LogP contribution in [0.4, 0.5) is 0 Å². The molecule has 1 aliphatic heterocycles. The third-order valence-electron chi connectivity index (χ3n) is 3.97. The lowest BCUT2D eigenvalue weighted by Crippen LogP contribution is -2.36. The number of allylic oxidation sites excluding steroid dienone is 3. The summed E-state index contributed by atoms with van der Waals surface area (Å²) in [6.45, 7) is 4.19. The molecule has 1 aromatic heterocycles. The average molecular weight is 316 g/mol. The number of rotatable bonds is 1. The second kappa shape index (κ2) is 5.04. The molecule has 0 aromatic carbocycles. The third kappa shape index (κ3) is 2.43. The van der Waals surface area contributed by atoms with Crippen LogP contribution < -0.4 is 5.32 Å². The molecule has 0 radical (unpaired) electrons. The number of thiol groups is 1. The van der Waals surface area contributed by atoms with Gasteiger partial charge in [-0.15, -0.1) is 24.0 Å². The second-order valence-electron chi connectivity index (χ2n) is 6.28. The van der Waals surface area contributed by atoms with E-state index in [9.17, 15) is 10.1 Å². The monoisotopic (exact) mass is 316 g/mol. The Morgan fingerprint density at radius 1 is 1.48 bits per heavy atom. The minimum Gasteiger partial charge on any atom is -0.353 e. The van der Waals surface area contributed by atoms with Gasteiger partial charge < -0.3 is 5.32 Å². The first-order valence-corrected chi connectivity index (χ1v) is 8.15. The average Bonchev–Trinajstić information content (AvgIpc) is 2.88. The fourth-order valence-corrected chi connectivity index (χ4v) is 4.29. The van der Waals surface area contributed by atoms with Gasteiger partial charge in [-0.05, 0) is 23.3 Å². The molecule has 2 aliphatic rings. The maximum absolute atomic E-state index is 12.7. The SMILES string of the molecule is CC1(C)CC(=O)C2=C(C1)NC(S)=C(C#N)C2c1cccs1. The van der Waals surface area contributed by atoms with Crippen molar-refractivity contribution in [3.63, 3.8) is 0 Å². The van der Waals surface area contributed by atoms with Gasteiger partial charge in [-0.3, -0.25) is 4.79 Å². The number of ketones is 1. The van der Waals surface area contributed by atoms with Crippen LogP contribution in [-0.2, 0) is 4.79 Å². The number of carbonyl (C=O) groups is 1. The van der Waals surface area contributed by atoms with Crippen molar-refractivity contribution >= 4 is 29.7 Å². The quantitative estimate of drug-likeness (QED) is 0.776. The number of hydrogen-bond acceptors (Lipinski definition) is 5. The summed E-state index contributed by atoms with van der Waals surface area (Å²) in [5.41, 5.74) is 2.17. The molecular weight excluding hydrogens is 300 g/mol. The molecular formula is C16H16N2OS2. The molecule has 3 rings (SSSR count). The van der Waals surface area contributed by atoms with Crippen molar-refractivity contribution in [2.24, 2.45) is 5.41 Å². The molecule has 0 bridgehead atoms. The minimum atomic E-state index is -0.262. The van der Waals surface area contributed by atoms with Crippen LogP contribution in [0.2, 0.25) is 0 Å². The maximum Gasteiger partial charge on any atom is 0.162 e. The van der Waals surface area contributed by atoms with E-state index in [1.54, 1.807) is 11.3 Å². The van der Waals surface area contributed by atoms with E-state index in [2.05, 4.69) is 37.9 Å². The Hall–Kier alpha value is -1.51. The number of hydrogen-bond donors (Lipinski definition) is 2. The molecule has 0 spiro atoms. The van der Waals surface area contributed by atoms with Crippen molar-refractivity contribution in [3.05, 3.63) is 44.3 Å². The second-order valence-corrected chi connectivity index (χ2v) is 7.71. The largest absolute Gasteiger partial charge is 0.353 e. The van der Waals surface area contributed by atoms with Crippen LogP contribution in [0.3, 0.4) is 0 Å². The zero-order valence-electron chi connectivity index (χ0n) is 11.9. The summed E-state index contributed by atoms with van der Waals surface area (Å²) in [6, 6.07) is 6.16. The molecule has 0 saturated carbocycles. The molecule has 1 atom stereocenters. The molecule has 0 fully saturated rings. The Balaban J connectivity index is 2.17. The van der Waals surface area contributed by atoms with Gasteiger partial charge in [-0.1, -0.05) is 19.9 Å². The van der Waals surface area contributed by atoms with E-state index < -0.39 is 0 Å². The highest BCUT2D eigenvalue weighted by molar-refractivity contribution is 7.84. The first-order chi connectivity index (χ1) is 9.93. The van der Waals surface area contributed by atoms with Crippen LogP contribution in [0.25, 0.3) is 0 Å². The van der Waals surface area contributed by atoms with Gasteiger partial charge in [0.15, 0.2) is 5.78 Å². The maximum atomic E-state index is 12.7. The van der Waals surface area contributed by atoms with E-state index >= 15 is 0 Å². The van der Waals surface area contributed by atoms with Crippen molar-refractivity contribution in [1.82, 2.24) is 5.32 Å². The molecule has 5 heteroatoms. The van der Waals surface area contributed by atoms with Gasteiger partial charge in [0.25, 0.3) is 0 Å². The lowest BCUT2D eigenvalue weighted by Gasteiger charge is -2.38. The van der Waals surface area contributed by atoms with E-state index in [0.717, 1.165) is 22.6 Å². The van der Waals surface area contributed by atoms with E-state index in [4.69, 9.17) is 0 Å². The van der Waals surface area contributed by atoms with Crippen molar-refractivity contribution in [2.75, 3.05) is 0 Å². The van der Waals surface area contributed by atoms with Crippen LogP contribution in [0.5, 0.6) is 0 Å². The fraction of sp³-hybridized carbons (Fsp3) is 0.375. The lowest BCUT2D eigenvalue weighted by molar-refractivity contribution is -0.118. The van der Waals surface area contributed by atoms with Crippen molar-refractivity contribution < 1.29 is 4.79 Å². The first kappa shape index (κ1) is 14.4. The first-order valence-electron chi connectivity index (χ1n) is 6.83. The molecule has 0 amide bonds. The summed E-state index contributed by atoms with van der Waals surface area (Å²) in [6.07, 6.45) is 1.33. The minimum absolute atomic E-state index is 0.0544. The number of nitrogens with zero attached hydrogens (tertiary/aromatic N) is 1. The molecule has 3 nitrogen and oxygen atoms in total. The van der Waals surface area contributed by atoms with Gasteiger partial charge in [0.1, 0.15) is 0 Å². The Kier molecular flexibility index (Phi) is 3.46. The number of dihydropyridines is 1. The Morgan fingerprint density at radius 2 is 2.24 bits per heavy atom. The van der Waals surface area contributed by atoms with Gasteiger partial charge in [0.2, 0.25) is 0 Å². The summed E-state index contributed by atoms with van der Waals surface area (Å²) in [7, 11) is 0. The number of Topliss-reactive ketones (excluding diaryl/α,β-unsaturated/α-hetero) is 1. The Morgan fingerprint density at radius 3 is 2.86 bits per heavy atom. The predicted molar refractivity (Wildman–Crippen MR) is 86.9 cm³/mol. The molecule has 0 saturated heterocycles. The summed E-state index contributed by atoms with van der Waals surface area (Å²) >= 11 is 6.01. The topological polar surface area (TPSA) is 52.9 Å². The van der Waals surface area contributed by atoms with Gasteiger partial charge in [0, 0.05) is 22.6 Å². The van der Waals surface area contributed by atoms with E-state index in [-0.39, 0.29) is 17.1 Å².